The van der Waals surface area contributed by atoms with Crippen molar-refractivity contribution in [3.63, 3.8) is 0 Å². The molecule has 6 rings (SSSR count). The molecule has 0 radical (unpaired) electrons. The van der Waals surface area contributed by atoms with Gasteiger partial charge in [0.1, 0.15) is 5.92 Å². The third-order valence-electron chi connectivity index (χ3n) is 7.67. The number of rotatable bonds is 8. The Morgan fingerprint density at radius 1 is 1.12 bits per heavy atom. The number of ether oxygens (including phenoxy) is 1. The van der Waals surface area contributed by atoms with Gasteiger partial charge in [-0.3, -0.25) is 14.4 Å². The van der Waals surface area contributed by atoms with Crippen molar-refractivity contribution >= 4 is 59.4 Å². The normalized spacial score (nSPS) is 21.0. The van der Waals surface area contributed by atoms with Gasteiger partial charge in [0, 0.05) is 30.1 Å². The van der Waals surface area contributed by atoms with Gasteiger partial charge in [-0.05, 0) is 49.6 Å². The molecule has 4 unspecified atom stereocenters. The van der Waals surface area contributed by atoms with Gasteiger partial charge in [0.25, 0.3) is 11.8 Å². The van der Waals surface area contributed by atoms with Crippen LogP contribution in [0.25, 0.3) is 6.08 Å². The first-order chi connectivity index (χ1) is 20.4. The number of hydrogen-bond acceptors (Lipinski definition) is 8. The quantitative estimate of drug-likeness (QED) is 0.322. The molecule has 2 bridgehead atoms. The number of nitrogens with zero attached hydrogens (tertiary/aromatic N) is 4. The molecule has 2 aromatic carbocycles. The molecule has 43 heavy (non-hydrogen) atoms. The monoisotopic (exact) mass is 623 g/mol. The molecule has 2 fully saturated rings. The van der Waals surface area contributed by atoms with Crippen molar-refractivity contribution in [3.8, 4) is 0 Å². The first kappa shape index (κ1) is 30.6. The molecule has 13 heteroatoms. The zero-order valence-electron chi connectivity index (χ0n) is 23.1. The number of fused-ring (bicyclic) bond motifs is 3. The summed E-state index contributed by atoms with van der Waals surface area (Å²) in [7, 11) is 0. The van der Waals surface area contributed by atoms with Gasteiger partial charge < -0.3 is 26.0 Å². The summed E-state index contributed by atoms with van der Waals surface area (Å²) in [4.78, 5) is 54.3. The second-order valence-electron chi connectivity index (χ2n) is 10.6. The zero-order valence-corrected chi connectivity index (χ0v) is 24.7. The molecule has 2 saturated heterocycles. The van der Waals surface area contributed by atoms with Gasteiger partial charge in [0.15, 0.2) is 5.49 Å². The van der Waals surface area contributed by atoms with E-state index < -0.39 is 17.7 Å². The first-order valence-corrected chi connectivity index (χ1v) is 14.3. The summed E-state index contributed by atoms with van der Waals surface area (Å²) < 4.78 is 5.88. The smallest absolute Gasteiger partial charge is 0.264 e. The minimum absolute atomic E-state index is 0. The predicted octanol–water partition coefficient (Wildman–Crippen LogP) is 1.93. The van der Waals surface area contributed by atoms with Crippen LogP contribution in [0.3, 0.4) is 0 Å². The SMILES string of the molecule is Cl.NCCC(NC(=O)c1ccc(Cl)c(NC(=O)C2C=c3cnc(N4CC5CCC(C4)O5)nc3=NC2=O)c1)c1ccccc1. The lowest BCUT2D eigenvalue weighted by Gasteiger charge is -2.32. The van der Waals surface area contributed by atoms with E-state index in [4.69, 9.17) is 22.1 Å². The molecule has 4 N–H and O–H groups in total. The zero-order chi connectivity index (χ0) is 29.2. The first-order valence-electron chi connectivity index (χ1n) is 13.9. The second kappa shape index (κ2) is 13.2. The number of nitrogens with one attached hydrogen (secondary N) is 2. The Morgan fingerprint density at radius 2 is 1.86 bits per heavy atom. The highest BCUT2D eigenvalue weighted by Gasteiger charge is 2.35. The van der Waals surface area contributed by atoms with Crippen molar-refractivity contribution in [1.82, 2.24) is 15.3 Å². The van der Waals surface area contributed by atoms with Crippen LogP contribution in [0.2, 0.25) is 5.02 Å². The summed E-state index contributed by atoms with van der Waals surface area (Å²) in [5, 5.41) is 6.38. The molecule has 4 heterocycles. The fraction of sp³-hybridized carbons (Fsp3) is 0.333. The Labute approximate surface area is 259 Å². The summed E-state index contributed by atoms with van der Waals surface area (Å²) in [6.07, 6.45) is 5.97. The Hall–Kier alpha value is -3.90. The third-order valence-corrected chi connectivity index (χ3v) is 8.00. The number of halogens is 2. The lowest BCUT2D eigenvalue weighted by atomic mass is 10.0. The molecule has 4 atom stereocenters. The molecular weight excluding hydrogens is 593 g/mol. The van der Waals surface area contributed by atoms with E-state index in [9.17, 15) is 14.4 Å². The van der Waals surface area contributed by atoms with Crippen LogP contribution >= 0.6 is 24.0 Å². The Balaban J connectivity index is 0.00000368. The maximum Gasteiger partial charge on any atom is 0.264 e. The van der Waals surface area contributed by atoms with Gasteiger partial charge in [-0.2, -0.15) is 9.98 Å². The van der Waals surface area contributed by atoms with E-state index in [2.05, 4.69) is 25.6 Å². The minimum Gasteiger partial charge on any atom is -0.371 e. The van der Waals surface area contributed by atoms with Gasteiger partial charge in [-0.1, -0.05) is 48.0 Å². The summed E-state index contributed by atoms with van der Waals surface area (Å²) >= 11 is 6.35. The third kappa shape index (κ3) is 6.70. The number of nitrogens with two attached hydrogens (primary N) is 1. The van der Waals surface area contributed by atoms with E-state index in [0.717, 1.165) is 18.4 Å². The van der Waals surface area contributed by atoms with Crippen molar-refractivity contribution < 1.29 is 19.1 Å². The van der Waals surface area contributed by atoms with E-state index in [-0.39, 0.29) is 52.8 Å². The van der Waals surface area contributed by atoms with Crippen molar-refractivity contribution in [1.29, 1.82) is 0 Å². The minimum atomic E-state index is -1.20. The van der Waals surface area contributed by atoms with Crippen LogP contribution in [0.15, 0.2) is 59.7 Å². The maximum absolute atomic E-state index is 13.2. The number of amides is 3. The van der Waals surface area contributed by atoms with E-state index in [1.165, 1.54) is 18.2 Å². The molecule has 11 nitrogen and oxygen atoms in total. The summed E-state index contributed by atoms with van der Waals surface area (Å²) in [6, 6.07) is 13.8. The van der Waals surface area contributed by atoms with Crippen LogP contribution in [0.5, 0.6) is 0 Å². The molecule has 3 amide bonds. The molecule has 0 saturated carbocycles. The van der Waals surface area contributed by atoms with E-state index in [1.807, 2.05) is 35.2 Å². The van der Waals surface area contributed by atoms with Crippen LogP contribution in [0, 0.1) is 5.92 Å². The van der Waals surface area contributed by atoms with Crippen LogP contribution in [0.4, 0.5) is 11.6 Å². The Bertz CT molecular complexity index is 1640. The Morgan fingerprint density at radius 3 is 2.58 bits per heavy atom. The largest absolute Gasteiger partial charge is 0.371 e. The highest BCUT2D eigenvalue weighted by molar-refractivity contribution is 6.34. The number of anilines is 2. The maximum atomic E-state index is 13.2. The molecule has 3 aromatic rings. The average molecular weight is 625 g/mol. The van der Waals surface area contributed by atoms with Crippen molar-refractivity contribution in [2.45, 2.75) is 37.5 Å². The number of benzene rings is 2. The van der Waals surface area contributed by atoms with Crippen molar-refractivity contribution in [3.05, 3.63) is 81.6 Å². The fourth-order valence-corrected chi connectivity index (χ4v) is 5.68. The summed E-state index contributed by atoms with van der Waals surface area (Å²) in [5.74, 6) is -2.34. The summed E-state index contributed by atoms with van der Waals surface area (Å²) in [6.45, 7) is 1.77. The molecular formula is C30H31Cl2N7O4. The molecule has 224 valence electrons. The number of morpholine rings is 1. The lowest BCUT2D eigenvalue weighted by molar-refractivity contribution is -0.128. The fourth-order valence-electron chi connectivity index (χ4n) is 5.51. The predicted molar refractivity (Wildman–Crippen MR) is 164 cm³/mol. The van der Waals surface area contributed by atoms with Crippen LogP contribution in [0.1, 0.15) is 41.2 Å². The van der Waals surface area contributed by atoms with E-state index >= 15 is 0 Å². The number of aromatic nitrogens is 2. The van der Waals surface area contributed by atoms with E-state index in [0.29, 0.717) is 42.8 Å². The van der Waals surface area contributed by atoms with Gasteiger partial charge >= 0.3 is 0 Å². The topological polar surface area (TPSA) is 152 Å². The molecule has 1 aromatic heterocycles. The highest BCUT2D eigenvalue weighted by Crippen LogP contribution is 2.28. The molecule has 3 aliphatic heterocycles. The average Bonchev–Trinajstić information content (AvgIpc) is 3.34. The highest BCUT2D eigenvalue weighted by atomic mass is 35.5. The lowest BCUT2D eigenvalue weighted by Crippen LogP contribution is -2.46. The van der Waals surface area contributed by atoms with Gasteiger partial charge in [0.05, 0.1) is 29.0 Å². The second-order valence-corrected chi connectivity index (χ2v) is 11.0. The summed E-state index contributed by atoms with van der Waals surface area (Å²) in [5.41, 5.74) is 7.43. The van der Waals surface area contributed by atoms with Crippen molar-refractivity contribution in [2.24, 2.45) is 16.6 Å². The standard InChI is InChI=1S/C30H30ClN7O4.ClH/c31-23-9-6-18(27(39)34-24(10-11-32)17-4-2-1-3-5-17)13-25(23)35-28(40)22-12-19-14-33-30(37-26(19)36-29(22)41)38-15-20-7-8-21(16-38)42-20;/h1-6,9,12-14,20-22,24H,7-8,10-11,15-16,32H2,(H,34,39)(H,35,40);1H. The Kier molecular flexibility index (Phi) is 9.36. The van der Waals surface area contributed by atoms with Crippen LogP contribution in [-0.2, 0) is 14.3 Å². The van der Waals surface area contributed by atoms with Crippen LogP contribution < -0.4 is 32.0 Å². The molecule has 0 aliphatic carbocycles. The van der Waals surface area contributed by atoms with Gasteiger partial charge in [-0.25, -0.2) is 4.98 Å². The molecule has 3 aliphatic rings. The van der Waals surface area contributed by atoms with Gasteiger partial charge in [-0.15, -0.1) is 12.4 Å². The molecule has 0 spiro atoms. The van der Waals surface area contributed by atoms with Gasteiger partial charge in [0.2, 0.25) is 11.9 Å². The van der Waals surface area contributed by atoms with E-state index in [1.54, 1.807) is 12.3 Å². The van der Waals surface area contributed by atoms with Crippen LogP contribution in [-0.4, -0.2) is 59.5 Å². The number of carbonyl (C=O) groups is 3. The number of hydrogen-bond donors (Lipinski definition) is 3. The van der Waals surface area contributed by atoms with Crippen molar-refractivity contribution in [2.75, 3.05) is 29.9 Å². The number of carbonyl (C=O) groups excluding carboxylic acids is 3.